The van der Waals surface area contributed by atoms with E-state index in [0.29, 0.717) is 17.3 Å². The van der Waals surface area contributed by atoms with Crippen LogP contribution in [-0.4, -0.2) is 57.6 Å². The summed E-state index contributed by atoms with van der Waals surface area (Å²) in [6, 6.07) is 6.59. The Morgan fingerprint density at radius 1 is 1.24 bits per heavy atom. The Kier molecular flexibility index (Phi) is 6.20. The number of anilines is 1. The van der Waals surface area contributed by atoms with E-state index < -0.39 is 5.91 Å². The predicted octanol–water partition coefficient (Wildman–Crippen LogP) is 2.86. The molecular weight excluding hydrogens is 434 g/mol. The third kappa shape index (κ3) is 4.69. The number of aryl methyl sites for hydroxylation is 1. The van der Waals surface area contributed by atoms with E-state index in [0.717, 1.165) is 16.7 Å². The van der Waals surface area contributed by atoms with Crippen molar-refractivity contribution < 1.29 is 9.90 Å². The van der Waals surface area contributed by atoms with Crippen molar-refractivity contribution in [2.75, 3.05) is 11.9 Å². The molecule has 0 spiro atoms. The number of nitrogens with one attached hydrogen (secondary N) is 1. The van der Waals surface area contributed by atoms with E-state index in [-0.39, 0.29) is 23.9 Å². The van der Waals surface area contributed by atoms with Crippen LogP contribution < -0.4 is 5.32 Å². The van der Waals surface area contributed by atoms with E-state index in [1.165, 1.54) is 4.68 Å². The van der Waals surface area contributed by atoms with Crippen molar-refractivity contribution in [3.8, 4) is 22.6 Å². The molecule has 0 fully saturated rings. The van der Waals surface area contributed by atoms with Crippen molar-refractivity contribution in [3.63, 3.8) is 0 Å². The summed E-state index contributed by atoms with van der Waals surface area (Å²) in [6.45, 7) is 9.84. The second-order valence-corrected chi connectivity index (χ2v) is 9.07. The van der Waals surface area contributed by atoms with Crippen LogP contribution in [0.25, 0.3) is 22.6 Å². The molecule has 2 N–H and O–H groups in total. The molecule has 0 aliphatic heterocycles. The zero-order valence-electron chi connectivity index (χ0n) is 19.8. The van der Waals surface area contributed by atoms with E-state index >= 15 is 0 Å². The second kappa shape index (κ2) is 9.10. The molecule has 0 bridgehead atoms. The summed E-state index contributed by atoms with van der Waals surface area (Å²) in [5.41, 5.74) is 3.31. The quantitative estimate of drug-likeness (QED) is 0.447. The van der Waals surface area contributed by atoms with Crippen molar-refractivity contribution in [3.05, 3.63) is 54.1 Å². The first-order valence-corrected chi connectivity index (χ1v) is 10.9. The van der Waals surface area contributed by atoms with Gasteiger partial charge in [0.25, 0.3) is 5.91 Å². The number of pyridine rings is 2. The van der Waals surface area contributed by atoms with E-state index in [1.807, 2.05) is 17.8 Å². The highest BCUT2D eigenvalue weighted by Crippen LogP contribution is 2.26. The van der Waals surface area contributed by atoms with Crippen LogP contribution >= 0.6 is 0 Å². The number of aliphatic hydroxyl groups is 1. The highest BCUT2D eigenvalue weighted by atomic mass is 16.3. The van der Waals surface area contributed by atoms with Gasteiger partial charge in [-0.3, -0.25) is 14.5 Å². The zero-order valence-corrected chi connectivity index (χ0v) is 19.8. The zero-order chi connectivity index (χ0) is 24.5. The van der Waals surface area contributed by atoms with Crippen LogP contribution in [0, 0.1) is 6.92 Å². The van der Waals surface area contributed by atoms with Gasteiger partial charge in [0.1, 0.15) is 17.2 Å². The summed E-state index contributed by atoms with van der Waals surface area (Å²) in [4.78, 5) is 21.8. The largest absolute Gasteiger partial charge is 0.394 e. The van der Waals surface area contributed by atoms with Crippen LogP contribution in [-0.2, 0) is 5.54 Å². The molecule has 34 heavy (non-hydrogen) atoms. The number of aromatic nitrogens is 8. The molecule has 0 saturated carbocycles. The van der Waals surface area contributed by atoms with Gasteiger partial charge >= 0.3 is 0 Å². The lowest BCUT2D eigenvalue weighted by molar-refractivity contribution is 0.102. The van der Waals surface area contributed by atoms with Gasteiger partial charge < -0.3 is 10.4 Å². The molecule has 4 aromatic rings. The Hall–Kier alpha value is -3.99. The van der Waals surface area contributed by atoms with E-state index in [2.05, 4.69) is 56.7 Å². The van der Waals surface area contributed by atoms with Gasteiger partial charge in [0, 0.05) is 18.0 Å². The van der Waals surface area contributed by atoms with Gasteiger partial charge in [0.15, 0.2) is 0 Å². The number of nitrogens with zero attached hydrogens (tertiary/aromatic N) is 8. The van der Waals surface area contributed by atoms with E-state index in [4.69, 9.17) is 0 Å². The highest BCUT2D eigenvalue weighted by Gasteiger charge is 2.18. The molecule has 0 aliphatic carbocycles. The van der Waals surface area contributed by atoms with Gasteiger partial charge in [-0.05, 0) is 74.4 Å². The number of hydrogen-bond donors (Lipinski definition) is 2. The fourth-order valence-corrected chi connectivity index (χ4v) is 3.33. The standard InChI is InChI=1S/C23H27N9O2/c1-14-10-24-19(9-17(14)16-11-25-31(12-16)23(3,4)5)22(34)27-20-8-6-7-18(26-20)21-28-29-30-32(21)15(2)13-33/h6-12,15,33H,13H2,1-5H3,(H,26,27,34)/t15-/m1/s1. The van der Waals surface area contributed by atoms with Crippen molar-refractivity contribution >= 4 is 11.7 Å². The number of rotatable bonds is 6. The van der Waals surface area contributed by atoms with Crippen LogP contribution in [0.2, 0.25) is 0 Å². The maximum Gasteiger partial charge on any atom is 0.275 e. The van der Waals surface area contributed by atoms with Crippen LogP contribution in [0.4, 0.5) is 5.82 Å². The summed E-state index contributed by atoms with van der Waals surface area (Å²) in [7, 11) is 0. The molecule has 0 radical (unpaired) electrons. The number of amides is 1. The maximum atomic E-state index is 13.0. The molecular formula is C23H27N9O2. The molecule has 4 aromatic heterocycles. The van der Waals surface area contributed by atoms with Crippen LogP contribution in [0.5, 0.6) is 0 Å². The molecule has 4 heterocycles. The van der Waals surface area contributed by atoms with Crippen LogP contribution in [0.15, 0.2) is 42.9 Å². The Morgan fingerprint density at radius 3 is 2.74 bits per heavy atom. The molecule has 4 rings (SSSR count). The summed E-state index contributed by atoms with van der Waals surface area (Å²) in [5, 5.41) is 28.3. The average Bonchev–Trinajstić information content (AvgIpc) is 3.49. The normalized spacial score (nSPS) is 12.5. The molecule has 0 saturated heterocycles. The lowest BCUT2D eigenvalue weighted by atomic mass is 10.0. The summed E-state index contributed by atoms with van der Waals surface area (Å²) in [5.74, 6) is 0.333. The second-order valence-electron chi connectivity index (χ2n) is 9.07. The topological polar surface area (TPSA) is 137 Å². The van der Waals surface area contributed by atoms with Gasteiger partial charge in [-0.15, -0.1) is 5.10 Å². The molecule has 1 amide bonds. The molecule has 0 aliphatic rings. The lowest BCUT2D eigenvalue weighted by Gasteiger charge is -2.18. The van der Waals surface area contributed by atoms with Crippen molar-refractivity contribution in [1.29, 1.82) is 0 Å². The molecule has 0 unspecified atom stereocenters. The van der Waals surface area contributed by atoms with Gasteiger partial charge in [0.2, 0.25) is 5.82 Å². The van der Waals surface area contributed by atoms with Crippen LogP contribution in [0.1, 0.15) is 49.8 Å². The number of hydrogen-bond acceptors (Lipinski definition) is 8. The van der Waals surface area contributed by atoms with Crippen LogP contribution in [0.3, 0.4) is 0 Å². The maximum absolute atomic E-state index is 13.0. The third-order valence-electron chi connectivity index (χ3n) is 5.31. The molecule has 0 aromatic carbocycles. The lowest BCUT2D eigenvalue weighted by Crippen LogP contribution is -2.21. The number of carbonyl (C=O) groups is 1. The first-order valence-electron chi connectivity index (χ1n) is 10.9. The van der Waals surface area contributed by atoms with Crippen molar-refractivity contribution in [2.45, 2.75) is 46.2 Å². The first kappa shape index (κ1) is 23.2. The molecule has 1 atom stereocenters. The van der Waals surface area contributed by atoms with E-state index in [9.17, 15) is 9.90 Å². The van der Waals surface area contributed by atoms with Crippen molar-refractivity contribution in [1.82, 2.24) is 40.0 Å². The highest BCUT2D eigenvalue weighted by molar-refractivity contribution is 6.03. The fourth-order valence-electron chi connectivity index (χ4n) is 3.33. The number of carbonyl (C=O) groups excluding carboxylic acids is 1. The predicted molar refractivity (Wildman–Crippen MR) is 126 cm³/mol. The van der Waals surface area contributed by atoms with Gasteiger partial charge in [-0.25, -0.2) is 9.67 Å². The summed E-state index contributed by atoms with van der Waals surface area (Å²) < 4.78 is 3.38. The SMILES string of the molecule is Cc1cnc(C(=O)Nc2cccc(-c3nnnn3[C@H](C)CO)n2)cc1-c1cnn(C(C)(C)C)c1. The fraction of sp³-hybridized carbons (Fsp3) is 0.348. The number of aliphatic hydroxyl groups excluding tert-OH is 1. The van der Waals surface area contributed by atoms with Gasteiger partial charge in [0.05, 0.1) is 24.4 Å². The Labute approximate surface area is 196 Å². The summed E-state index contributed by atoms with van der Waals surface area (Å²) >= 11 is 0. The van der Waals surface area contributed by atoms with E-state index in [1.54, 1.807) is 43.6 Å². The van der Waals surface area contributed by atoms with Gasteiger partial charge in [-0.1, -0.05) is 6.07 Å². The Bertz CT molecular complexity index is 1320. The average molecular weight is 462 g/mol. The Balaban J connectivity index is 1.59. The van der Waals surface area contributed by atoms with Crippen molar-refractivity contribution in [2.24, 2.45) is 0 Å². The first-order chi connectivity index (χ1) is 16.2. The molecule has 11 nitrogen and oxygen atoms in total. The summed E-state index contributed by atoms with van der Waals surface area (Å²) in [6.07, 6.45) is 5.43. The van der Waals surface area contributed by atoms with Gasteiger partial charge in [-0.2, -0.15) is 5.10 Å². The Morgan fingerprint density at radius 2 is 2.03 bits per heavy atom. The third-order valence-corrected chi connectivity index (χ3v) is 5.31. The smallest absolute Gasteiger partial charge is 0.275 e. The minimum Gasteiger partial charge on any atom is -0.394 e. The molecule has 11 heteroatoms. The monoisotopic (exact) mass is 461 g/mol. The minimum atomic E-state index is -0.391. The molecule has 176 valence electrons. The minimum absolute atomic E-state index is 0.120. The number of tetrazole rings is 1.